The van der Waals surface area contributed by atoms with Crippen molar-refractivity contribution in [3.8, 4) is 0 Å². The van der Waals surface area contributed by atoms with Crippen LogP contribution in [-0.2, 0) is 4.79 Å². The molecule has 0 aliphatic carbocycles. The lowest BCUT2D eigenvalue weighted by Gasteiger charge is -2.28. The maximum Gasteiger partial charge on any atom is 0.408 e. The van der Waals surface area contributed by atoms with Crippen molar-refractivity contribution < 1.29 is 18.0 Å². The second-order valence-electron chi connectivity index (χ2n) is 4.45. The highest BCUT2D eigenvalue weighted by molar-refractivity contribution is 8.12. The molecule has 1 atom stereocenters. The molecule has 126 valence electrons. The molecule has 4 nitrogen and oxygen atoms in total. The van der Waals surface area contributed by atoms with Gasteiger partial charge >= 0.3 is 6.18 Å². The number of halogens is 4. The van der Waals surface area contributed by atoms with E-state index in [0.717, 1.165) is 16.5 Å². The Bertz CT molecular complexity index is 590. The highest BCUT2D eigenvalue weighted by atomic mass is 35.5. The van der Waals surface area contributed by atoms with Crippen LogP contribution < -0.4 is 5.32 Å². The van der Waals surface area contributed by atoms with Crippen LogP contribution in [0.2, 0.25) is 5.02 Å². The van der Waals surface area contributed by atoms with Crippen molar-refractivity contribution in [2.75, 3.05) is 14.1 Å². The van der Waals surface area contributed by atoms with Gasteiger partial charge < -0.3 is 5.32 Å². The Labute approximate surface area is 141 Å². The first kappa shape index (κ1) is 19.5. The van der Waals surface area contributed by atoms with E-state index in [9.17, 15) is 18.0 Å². The van der Waals surface area contributed by atoms with Crippen molar-refractivity contribution >= 4 is 34.5 Å². The maximum absolute atomic E-state index is 13.3. The van der Waals surface area contributed by atoms with Crippen molar-refractivity contribution in [2.24, 2.45) is 0 Å². The summed E-state index contributed by atoms with van der Waals surface area (Å²) in [5.74, 6) is -0.442. The van der Waals surface area contributed by atoms with Crippen molar-refractivity contribution in [3.63, 3.8) is 0 Å². The van der Waals surface area contributed by atoms with Crippen LogP contribution in [0.1, 0.15) is 11.6 Å². The number of carbonyl (C=O) groups is 1. The summed E-state index contributed by atoms with van der Waals surface area (Å²) in [6, 6.07) is 3.44. The molecule has 1 amide bonds. The van der Waals surface area contributed by atoms with Crippen LogP contribution in [0.25, 0.3) is 0 Å². The predicted octanol–water partition coefficient (Wildman–Crippen LogP) is 3.80. The molecule has 0 aliphatic rings. The molecule has 0 saturated carbocycles. The third-order valence-electron chi connectivity index (χ3n) is 2.73. The SMILES string of the molecule is CNC(=O)/C=C\C(=N)SN(C)C(c1ccc(Cl)cc1)C(F)(F)F. The van der Waals surface area contributed by atoms with Gasteiger partial charge in [0.2, 0.25) is 5.91 Å². The fraction of sp³-hybridized carbons (Fsp3) is 0.286. The predicted molar refractivity (Wildman–Crippen MR) is 86.5 cm³/mol. The molecule has 0 aliphatic heterocycles. The minimum Gasteiger partial charge on any atom is -0.356 e. The van der Waals surface area contributed by atoms with Crippen LogP contribution in [0.4, 0.5) is 13.2 Å². The van der Waals surface area contributed by atoms with E-state index in [1.807, 2.05) is 0 Å². The molecule has 23 heavy (non-hydrogen) atoms. The Morgan fingerprint density at radius 2 is 1.91 bits per heavy atom. The van der Waals surface area contributed by atoms with E-state index in [0.29, 0.717) is 17.0 Å². The van der Waals surface area contributed by atoms with E-state index in [-0.39, 0.29) is 10.6 Å². The molecular formula is C14H15ClF3N3OS. The van der Waals surface area contributed by atoms with Gasteiger partial charge in [0.1, 0.15) is 11.1 Å². The van der Waals surface area contributed by atoms with Gasteiger partial charge in [0.05, 0.1) is 0 Å². The lowest BCUT2D eigenvalue weighted by molar-refractivity contribution is -0.169. The molecule has 1 aromatic carbocycles. The quantitative estimate of drug-likeness (QED) is 0.361. The molecule has 9 heteroatoms. The fourth-order valence-electron chi connectivity index (χ4n) is 1.72. The standard InChI is InChI=1S/C14H15ClF3N3OS/c1-20-12(22)8-7-11(19)23-21(2)13(14(16,17)18)9-3-5-10(15)6-4-9/h3-8,13,19H,1-2H3,(H,20,22)/b8-7-,19-11?. The van der Waals surface area contributed by atoms with Crippen molar-refractivity contribution in [1.29, 1.82) is 5.41 Å². The minimum absolute atomic E-state index is 0.0139. The van der Waals surface area contributed by atoms with Gasteiger partial charge in [0, 0.05) is 18.1 Å². The summed E-state index contributed by atoms with van der Waals surface area (Å²) in [5.41, 5.74) is 0.0139. The minimum atomic E-state index is -4.53. The zero-order chi connectivity index (χ0) is 17.6. The zero-order valence-electron chi connectivity index (χ0n) is 12.3. The second kappa shape index (κ2) is 8.37. The number of alkyl halides is 3. The Morgan fingerprint density at radius 3 is 2.39 bits per heavy atom. The van der Waals surface area contributed by atoms with Crippen LogP contribution in [-0.4, -0.2) is 35.5 Å². The number of rotatable bonds is 5. The van der Waals surface area contributed by atoms with E-state index in [2.05, 4.69) is 5.32 Å². The van der Waals surface area contributed by atoms with Gasteiger partial charge in [-0.1, -0.05) is 23.7 Å². The number of hydrogen-bond acceptors (Lipinski definition) is 4. The molecule has 0 heterocycles. The maximum atomic E-state index is 13.3. The summed E-state index contributed by atoms with van der Waals surface area (Å²) in [7, 11) is 2.65. The zero-order valence-corrected chi connectivity index (χ0v) is 13.9. The molecule has 0 saturated heterocycles. The summed E-state index contributed by atoms with van der Waals surface area (Å²) < 4.78 is 40.9. The highest BCUT2D eigenvalue weighted by Crippen LogP contribution is 2.40. The number of nitrogens with one attached hydrogen (secondary N) is 2. The van der Waals surface area contributed by atoms with Crippen LogP contribution >= 0.6 is 23.5 Å². The summed E-state index contributed by atoms with van der Waals surface area (Å²) >= 11 is 6.28. The fourth-order valence-corrected chi connectivity index (χ4v) is 2.63. The first-order valence-corrected chi connectivity index (χ1v) is 7.51. The average Bonchev–Trinajstić information content (AvgIpc) is 2.45. The normalized spacial score (nSPS) is 13.3. The largest absolute Gasteiger partial charge is 0.408 e. The average molecular weight is 366 g/mol. The molecule has 0 spiro atoms. The van der Waals surface area contributed by atoms with Crippen molar-refractivity contribution in [1.82, 2.24) is 9.62 Å². The molecule has 0 aromatic heterocycles. The number of likely N-dealkylation sites (N-methyl/N-ethyl adjacent to an activating group) is 1. The number of amides is 1. The Balaban J connectivity index is 2.91. The molecule has 2 N–H and O–H groups in total. The summed E-state index contributed by atoms with van der Waals surface area (Å²) in [5, 5.41) is 10.1. The molecule has 1 unspecified atom stereocenters. The lowest BCUT2D eigenvalue weighted by Crippen LogP contribution is -2.32. The van der Waals surface area contributed by atoms with Gasteiger partial charge in [0.25, 0.3) is 0 Å². The Morgan fingerprint density at radius 1 is 1.35 bits per heavy atom. The lowest BCUT2D eigenvalue weighted by atomic mass is 10.1. The van der Waals surface area contributed by atoms with Gasteiger partial charge in [-0.25, -0.2) is 4.31 Å². The van der Waals surface area contributed by atoms with Gasteiger partial charge in [0.15, 0.2) is 0 Å². The van der Waals surface area contributed by atoms with Crippen LogP contribution in [0.15, 0.2) is 36.4 Å². The smallest absolute Gasteiger partial charge is 0.356 e. The monoisotopic (exact) mass is 365 g/mol. The Kier molecular flexibility index (Phi) is 7.11. The highest BCUT2D eigenvalue weighted by Gasteiger charge is 2.44. The number of carbonyl (C=O) groups excluding carboxylic acids is 1. The van der Waals surface area contributed by atoms with Gasteiger partial charge in [-0.15, -0.1) is 0 Å². The third-order valence-corrected chi connectivity index (χ3v) is 3.82. The van der Waals surface area contributed by atoms with Crippen LogP contribution in [0.3, 0.4) is 0 Å². The number of benzene rings is 1. The summed E-state index contributed by atoms with van der Waals surface area (Å²) in [6.45, 7) is 0. The molecule has 0 bridgehead atoms. The Hall–Kier alpha value is -1.51. The molecular weight excluding hydrogens is 351 g/mol. The van der Waals surface area contributed by atoms with Gasteiger partial charge in [-0.05, 0) is 42.8 Å². The summed E-state index contributed by atoms with van der Waals surface area (Å²) in [4.78, 5) is 11.0. The summed E-state index contributed by atoms with van der Waals surface area (Å²) in [6.07, 6.45) is -2.32. The van der Waals surface area contributed by atoms with Crippen LogP contribution in [0, 0.1) is 5.41 Å². The van der Waals surface area contributed by atoms with E-state index >= 15 is 0 Å². The van der Waals surface area contributed by atoms with E-state index in [1.54, 1.807) is 0 Å². The third kappa shape index (κ3) is 6.25. The van der Waals surface area contributed by atoms with Crippen molar-refractivity contribution in [2.45, 2.75) is 12.2 Å². The molecule has 1 rings (SSSR count). The topological polar surface area (TPSA) is 56.2 Å². The first-order valence-electron chi connectivity index (χ1n) is 6.36. The second-order valence-corrected chi connectivity index (χ2v) is 6.08. The van der Waals surface area contributed by atoms with E-state index < -0.39 is 18.1 Å². The number of hydrogen-bond donors (Lipinski definition) is 2. The van der Waals surface area contributed by atoms with E-state index in [1.165, 1.54) is 38.4 Å². The molecule has 0 radical (unpaired) electrons. The molecule has 0 fully saturated rings. The van der Waals surface area contributed by atoms with Crippen LogP contribution in [0.5, 0.6) is 0 Å². The molecule has 1 aromatic rings. The van der Waals surface area contributed by atoms with Gasteiger partial charge in [-0.3, -0.25) is 10.2 Å². The van der Waals surface area contributed by atoms with Crippen molar-refractivity contribution in [3.05, 3.63) is 47.0 Å². The van der Waals surface area contributed by atoms with E-state index in [4.69, 9.17) is 17.0 Å². The first-order chi connectivity index (χ1) is 10.6. The number of nitrogens with zero attached hydrogens (tertiary/aromatic N) is 1. The van der Waals surface area contributed by atoms with Gasteiger partial charge in [-0.2, -0.15) is 13.2 Å².